The zero-order valence-electron chi connectivity index (χ0n) is 10.4. The summed E-state index contributed by atoms with van der Waals surface area (Å²) < 4.78 is 0.605. The van der Waals surface area contributed by atoms with Crippen LogP contribution in [-0.4, -0.2) is 23.9 Å². The molecule has 102 valence electrons. The van der Waals surface area contributed by atoms with Crippen molar-refractivity contribution in [1.29, 1.82) is 0 Å². The highest BCUT2D eigenvalue weighted by Crippen LogP contribution is 2.29. The topological polar surface area (TPSA) is 84.3 Å². The van der Waals surface area contributed by atoms with Gasteiger partial charge in [-0.2, -0.15) is 0 Å². The molecule has 2 rings (SSSR count). The van der Waals surface area contributed by atoms with E-state index in [1.54, 1.807) is 6.07 Å². The van der Waals surface area contributed by atoms with Crippen LogP contribution in [-0.2, 0) is 4.79 Å². The molecule has 1 aliphatic heterocycles. The Morgan fingerprint density at radius 1 is 1.53 bits per heavy atom. The van der Waals surface area contributed by atoms with Gasteiger partial charge >= 0.3 is 0 Å². The number of nitro groups is 1. The second-order valence-corrected chi connectivity index (χ2v) is 5.57. The molecule has 1 aliphatic rings. The van der Waals surface area contributed by atoms with E-state index in [1.165, 1.54) is 12.1 Å². The third-order valence-corrected chi connectivity index (χ3v) is 3.76. The molecule has 1 fully saturated rings. The van der Waals surface area contributed by atoms with Gasteiger partial charge in [0.15, 0.2) is 0 Å². The van der Waals surface area contributed by atoms with Crippen molar-refractivity contribution in [2.24, 2.45) is 11.8 Å². The van der Waals surface area contributed by atoms with E-state index in [0.717, 1.165) is 6.54 Å². The molecule has 7 heteroatoms. The van der Waals surface area contributed by atoms with Crippen molar-refractivity contribution in [1.82, 2.24) is 5.32 Å². The van der Waals surface area contributed by atoms with Gasteiger partial charge < -0.3 is 10.6 Å². The Morgan fingerprint density at radius 3 is 2.84 bits per heavy atom. The molecule has 0 aromatic heterocycles. The van der Waals surface area contributed by atoms with Crippen molar-refractivity contribution in [3.63, 3.8) is 0 Å². The summed E-state index contributed by atoms with van der Waals surface area (Å²) >= 11 is 3.18. The van der Waals surface area contributed by atoms with E-state index in [0.29, 0.717) is 11.0 Å². The number of rotatable bonds is 3. The number of nitro benzene ring substituents is 1. The molecule has 0 unspecified atom stereocenters. The number of amides is 1. The van der Waals surface area contributed by atoms with Crippen LogP contribution in [0, 0.1) is 22.0 Å². The fourth-order valence-electron chi connectivity index (χ4n) is 2.15. The molecule has 0 aliphatic carbocycles. The van der Waals surface area contributed by atoms with Gasteiger partial charge in [-0.05, 0) is 24.6 Å². The van der Waals surface area contributed by atoms with Crippen LogP contribution < -0.4 is 10.6 Å². The van der Waals surface area contributed by atoms with Gasteiger partial charge in [-0.15, -0.1) is 0 Å². The highest BCUT2D eigenvalue weighted by molar-refractivity contribution is 9.10. The fraction of sp³-hybridized carbons (Fsp3) is 0.417. The molecule has 2 atom stereocenters. The maximum Gasteiger partial charge on any atom is 0.293 e. The zero-order chi connectivity index (χ0) is 14.0. The minimum atomic E-state index is -0.503. The normalized spacial score (nSPS) is 22.2. The van der Waals surface area contributed by atoms with Crippen molar-refractivity contribution in [3.8, 4) is 0 Å². The first kappa shape index (κ1) is 14.0. The summed E-state index contributed by atoms with van der Waals surface area (Å²) in [5.41, 5.74) is 0.124. The predicted molar refractivity (Wildman–Crippen MR) is 74.9 cm³/mol. The summed E-state index contributed by atoms with van der Waals surface area (Å²) in [6.45, 7) is 3.39. The standard InChI is InChI=1S/C12H14BrN3O3/c1-7-5-14-6-9(7)12(17)15-10-3-2-8(13)4-11(10)16(18)19/h2-4,7,9,14H,5-6H2,1H3,(H,15,17)/t7-,9-/m1/s1. The molecule has 6 nitrogen and oxygen atoms in total. The van der Waals surface area contributed by atoms with Crippen LogP contribution in [0.15, 0.2) is 22.7 Å². The summed E-state index contributed by atoms with van der Waals surface area (Å²) in [5.74, 6) is -0.0966. The molecular weight excluding hydrogens is 314 g/mol. The third kappa shape index (κ3) is 3.10. The fourth-order valence-corrected chi connectivity index (χ4v) is 2.50. The average Bonchev–Trinajstić information content (AvgIpc) is 2.77. The Labute approximate surface area is 118 Å². The summed E-state index contributed by atoms with van der Waals surface area (Å²) in [4.78, 5) is 22.6. The Hall–Kier alpha value is -1.47. The molecule has 1 amide bonds. The van der Waals surface area contributed by atoms with Crippen LogP contribution in [0.25, 0.3) is 0 Å². The maximum atomic E-state index is 12.1. The van der Waals surface area contributed by atoms with E-state index in [2.05, 4.69) is 26.6 Å². The quantitative estimate of drug-likeness (QED) is 0.658. The first-order chi connectivity index (χ1) is 8.99. The zero-order valence-corrected chi connectivity index (χ0v) is 11.9. The van der Waals surface area contributed by atoms with Crippen LogP contribution in [0.4, 0.5) is 11.4 Å². The van der Waals surface area contributed by atoms with Crippen molar-refractivity contribution in [2.75, 3.05) is 18.4 Å². The number of hydrogen-bond acceptors (Lipinski definition) is 4. The van der Waals surface area contributed by atoms with Gasteiger partial charge in [0, 0.05) is 17.1 Å². The van der Waals surface area contributed by atoms with Gasteiger partial charge in [-0.1, -0.05) is 22.9 Å². The Morgan fingerprint density at radius 2 is 2.26 bits per heavy atom. The molecule has 1 aromatic rings. The second-order valence-electron chi connectivity index (χ2n) is 4.65. The van der Waals surface area contributed by atoms with Crippen LogP contribution in [0.5, 0.6) is 0 Å². The van der Waals surface area contributed by atoms with Crippen LogP contribution in [0.3, 0.4) is 0 Å². The van der Waals surface area contributed by atoms with Crippen molar-refractivity contribution >= 4 is 33.2 Å². The SMILES string of the molecule is C[C@@H]1CNC[C@H]1C(=O)Nc1ccc(Br)cc1[N+](=O)[O-]. The molecule has 1 aromatic carbocycles. The Balaban J connectivity index is 2.19. The number of anilines is 1. The summed E-state index contributed by atoms with van der Waals surface area (Å²) in [7, 11) is 0. The van der Waals surface area contributed by atoms with Crippen LogP contribution in [0.2, 0.25) is 0 Å². The van der Waals surface area contributed by atoms with Gasteiger partial charge in [0.05, 0.1) is 10.8 Å². The Bertz CT molecular complexity index is 521. The molecule has 0 saturated carbocycles. The van der Waals surface area contributed by atoms with Gasteiger partial charge in [-0.25, -0.2) is 0 Å². The summed E-state index contributed by atoms with van der Waals surface area (Å²) in [5, 5.41) is 16.7. The number of halogens is 1. The number of carbonyl (C=O) groups excluding carboxylic acids is 1. The maximum absolute atomic E-state index is 12.1. The van der Waals surface area contributed by atoms with E-state index in [-0.39, 0.29) is 29.1 Å². The lowest BCUT2D eigenvalue weighted by molar-refractivity contribution is -0.384. The highest BCUT2D eigenvalue weighted by Gasteiger charge is 2.30. The van der Waals surface area contributed by atoms with Gasteiger partial charge in [0.2, 0.25) is 5.91 Å². The number of hydrogen-bond donors (Lipinski definition) is 2. The second kappa shape index (κ2) is 5.66. The first-order valence-corrected chi connectivity index (χ1v) is 6.74. The largest absolute Gasteiger partial charge is 0.320 e. The highest BCUT2D eigenvalue weighted by atomic mass is 79.9. The van der Waals surface area contributed by atoms with Crippen molar-refractivity contribution in [3.05, 3.63) is 32.8 Å². The Kier molecular flexibility index (Phi) is 4.16. The van der Waals surface area contributed by atoms with E-state index in [9.17, 15) is 14.9 Å². The molecule has 0 radical (unpaired) electrons. The van der Waals surface area contributed by atoms with Gasteiger partial charge in [0.1, 0.15) is 5.69 Å². The smallest absolute Gasteiger partial charge is 0.293 e. The van der Waals surface area contributed by atoms with E-state index >= 15 is 0 Å². The number of nitrogens with zero attached hydrogens (tertiary/aromatic N) is 1. The third-order valence-electron chi connectivity index (χ3n) is 3.27. The lowest BCUT2D eigenvalue weighted by atomic mass is 9.97. The number of benzene rings is 1. The predicted octanol–water partition coefficient (Wildman–Crippen LogP) is 2.15. The minimum Gasteiger partial charge on any atom is -0.320 e. The minimum absolute atomic E-state index is 0.110. The molecular formula is C12H14BrN3O3. The summed E-state index contributed by atoms with van der Waals surface area (Å²) in [6.07, 6.45) is 0. The monoisotopic (exact) mass is 327 g/mol. The molecule has 19 heavy (non-hydrogen) atoms. The number of carbonyl (C=O) groups is 1. The van der Waals surface area contributed by atoms with E-state index < -0.39 is 4.92 Å². The lowest BCUT2D eigenvalue weighted by Crippen LogP contribution is -2.28. The van der Waals surface area contributed by atoms with Crippen LogP contribution >= 0.6 is 15.9 Å². The first-order valence-electron chi connectivity index (χ1n) is 5.94. The van der Waals surface area contributed by atoms with E-state index in [1.807, 2.05) is 6.92 Å². The van der Waals surface area contributed by atoms with Gasteiger partial charge in [0.25, 0.3) is 5.69 Å². The van der Waals surface area contributed by atoms with Crippen LogP contribution in [0.1, 0.15) is 6.92 Å². The molecule has 2 N–H and O–H groups in total. The lowest BCUT2D eigenvalue weighted by Gasteiger charge is -2.14. The molecule has 1 saturated heterocycles. The summed E-state index contributed by atoms with van der Waals surface area (Å²) in [6, 6.07) is 4.58. The average molecular weight is 328 g/mol. The van der Waals surface area contributed by atoms with Crippen molar-refractivity contribution < 1.29 is 9.72 Å². The molecule has 1 heterocycles. The molecule has 0 spiro atoms. The van der Waals surface area contributed by atoms with Gasteiger partial charge in [-0.3, -0.25) is 14.9 Å². The number of nitrogens with one attached hydrogen (secondary N) is 2. The van der Waals surface area contributed by atoms with Crippen molar-refractivity contribution in [2.45, 2.75) is 6.92 Å². The molecule has 0 bridgehead atoms. The van der Waals surface area contributed by atoms with E-state index in [4.69, 9.17) is 0 Å².